The van der Waals surface area contributed by atoms with Crippen molar-refractivity contribution < 1.29 is 19.4 Å². The fourth-order valence-corrected chi connectivity index (χ4v) is 3.88. The lowest BCUT2D eigenvalue weighted by Gasteiger charge is -2.20. The van der Waals surface area contributed by atoms with E-state index >= 15 is 0 Å². The first-order valence-electron chi connectivity index (χ1n) is 10.8. The first-order valence-corrected chi connectivity index (χ1v) is 10.8. The normalized spacial score (nSPS) is 13.8. The summed E-state index contributed by atoms with van der Waals surface area (Å²) in [6.45, 7) is 2.56. The summed E-state index contributed by atoms with van der Waals surface area (Å²) in [6.07, 6.45) is 4.26. The van der Waals surface area contributed by atoms with Crippen molar-refractivity contribution in [2.45, 2.75) is 51.7 Å². The highest BCUT2D eigenvalue weighted by molar-refractivity contribution is 5.74. The quantitative estimate of drug-likeness (QED) is 0.538. The molecule has 0 amide bonds. The van der Waals surface area contributed by atoms with E-state index in [1.165, 1.54) is 24.1 Å². The maximum atomic E-state index is 11.7. The maximum Gasteiger partial charge on any atom is 0.349 e. The number of aromatic nitrogens is 1. The van der Waals surface area contributed by atoms with Gasteiger partial charge in [0.1, 0.15) is 18.1 Å². The highest BCUT2D eigenvalue weighted by atomic mass is 16.5. The van der Waals surface area contributed by atoms with E-state index in [2.05, 4.69) is 13.0 Å². The van der Waals surface area contributed by atoms with Gasteiger partial charge in [-0.1, -0.05) is 49.4 Å². The molecule has 1 aliphatic carbocycles. The molecule has 1 N–H and O–H groups in total. The number of hydrogen-bond acceptors (Lipinski definition) is 4. The Morgan fingerprint density at radius 2 is 1.81 bits per heavy atom. The van der Waals surface area contributed by atoms with Crippen molar-refractivity contribution >= 4 is 5.97 Å². The van der Waals surface area contributed by atoms with Crippen LogP contribution in [0.1, 0.15) is 53.9 Å². The molecule has 1 atom stereocenters. The second-order valence-electron chi connectivity index (χ2n) is 7.78. The molecule has 1 aromatic heterocycles. The predicted octanol–water partition coefficient (Wildman–Crippen LogP) is 5.31. The van der Waals surface area contributed by atoms with Crippen LogP contribution in [0.2, 0.25) is 0 Å². The Hall–Kier alpha value is -3.34. The second kappa shape index (κ2) is 9.65. The van der Waals surface area contributed by atoms with Gasteiger partial charge in [0.15, 0.2) is 0 Å². The molecule has 0 saturated heterocycles. The van der Waals surface area contributed by atoms with Gasteiger partial charge in [-0.3, -0.25) is 4.98 Å². The van der Waals surface area contributed by atoms with Gasteiger partial charge in [-0.2, -0.15) is 0 Å². The molecule has 1 unspecified atom stereocenters. The van der Waals surface area contributed by atoms with E-state index in [0.29, 0.717) is 17.9 Å². The van der Waals surface area contributed by atoms with E-state index in [1.54, 1.807) is 36.4 Å². The molecule has 5 nitrogen and oxygen atoms in total. The van der Waals surface area contributed by atoms with Gasteiger partial charge in [-0.15, -0.1) is 0 Å². The fraction of sp³-hybridized carbons (Fsp3) is 0.308. The second-order valence-corrected chi connectivity index (χ2v) is 7.78. The molecule has 0 radical (unpaired) electrons. The number of aliphatic carboxylic acids is 1. The van der Waals surface area contributed by atoms with Gasteiger partial charge >= 0.3 is 5.97 Å². The molecule has 5 heteroatoms. The summed E-state index contributed by atoms with van der Waals surface area (Å²) in [6, 6.07) is 18.4. The molecule has 0 bridgehead atoms. The number of aryl methyl sites for hydroxylation is 2. The number of ether oxygens (including phenoxy) is 2. The van der Waals surface area contributed by atoms with Crippen LogP contribution in [-0.4, -0.2) is 16.1 Å². The van der Waals surface area contributed by atoms with Crippen molar-refractivity contribution in [1.82, 2.24) is 4.98 Å². The number of carboxylic acids is 1. The standard InChI is InChI=1S/C26H27NO4/c1-2-20-16-24(22-10-6-7-11-23(22)27-20)30-17-18-12-14-21(15-13-18)31-25(26(28)29)19-8-4-3-5-9-19/h3-5,8-9,12-16,25H,2,6-7,10-11,17H2,1H3,(H,28,29). The summed E-state index contributed by atoms with van der Waals surface area (Å²) in [5.74, 6) is 0.430. The number of pyridine rings is 1. The zero-order chi connectivity index (χ0) is 21.6. The van der Waals surface area contributed by atoms with Crippen molar-refractivity contribution in [2.24, 2.45) is 0 Å². The molecule has 2 aromatic carbocycles. The fourth-order valence-electron chi connectivity index (χ4n) is 3.88. The first kappa shape index (κ1) is 20.9. The number of rotatable bonds is 8. The van der Waals surface area contributed by atoms with Crippen molar-refractivity contribution in [2.75, 3.05) is 0 Å². The number of fused-ring (bicyclic) bond motifs is 1. The minimum atomic E-state index is -1.04. The molecule has 1 heterocycles. The average molecular weight is 418 g/mol. The summed E-state index contributed by atoms with van der Waals surface area (Å²) in [5, 5.41) is 9.54. The number of nitrogens with zero attached hydrogens (tertiary/aromatic N) is 1. The Kier molecular flexibility index (Phi) is 6.51. The van der Waals surface area contributed by atoms with E-state index < -0.39 is 12.1 Å². The summed E-state index contributed by atoms with van der Waals surface area (Å²) < 4.78 is 11.9. The number of carboxylic acid groups (broad SMARTS) is 1. The summed E-state index contributed by atoms with van der Waals surface area (Å²) in [7, 11) is 0. The average Bonchev–Trinajstić information content (AvgIpc) is 2.82. The van der Waals surface area contributed by atoms with E-state index in [9.17, 15) is 9.90 Å². The van der Waals surface area contributed by atoms with Crippen molar-refractivity contribution in [3.05, 3.63) is 88.7 Å². The van der Waals surface area contributed by atoms with Crippen molar-refractivity contribution in [3.63, 3.8) is 0 Å². The zero-order valence-corrected chi connectivity index (χ0v) is 17.7. The molecule has 160 valence electrons. The monoisotopic (exact) mass is 417 g/mol. The molecule has 4 rings (SSSR count). The summed E-state index contributed by atoms with van der Waals surface area (Å²) >= 11 is 0. The van der Waals surface area contributed by atoms with Gasteiger partial charge in [-0.25, -0.2) is 4.79 Å². The smallest absolute Gasteiger partial charge is 0.349 e. The zero-order valence-electron chi connectivity index (χ0n) is 17.7. The largest absolute Gasteiger partial charge is 0.488 e. The van der Waals surface area contributed by atoms with Gasteiger partial charge < -0.3 is 14.6 Å². The predicted molar refractivity (Wildman–Crippen MR) is 118 cm³/mol. The number of carbonyl (C=O) groups is 1. The molecule has 1 aliphatic rings. The van der Waals surface area contributed by atoms with Gasteiger partial charge in [0.2, 0.25) is 6.10 Å². The van der Waals surface area contributed by atoms with Crippen LogP contribution in [0.5, 0.6) is 11.5 Å². The van der Waals surface area contributed by atoms with Gasteiger partial charge in [0.25, 0.3) is 0 Å². The van der Waals surface area contributed by atoms with Crippen LogP contribution in [0.3, 0.4) is 0 Å². The Labute approximate surface area is 182 Å². The molecular weight excluding hydrogens is 390 g/mol. The van der Waals surface area contributed by atoms with Crippen LogP contribution in [0.4, 0.5) is 0 Å². The molecule has 31 heavy (non-hydrogen) atoms. The van der Waals surface area contributed by atoms with Crippen molar-refractivity contribution in [3.8, 4) is 11.5 Å². The summed E-state index contributed by atoms with van der Waals surface area (Å²) in [5.41, 5.74) is 5.11. The van der Waals surface area contributed by atoms with E-state index in [4.69, 9.17) is 14.5 Å². The van der Waals surface area contributed by atoms with Gasteiger partial charge in [0.05, 0.1) is 0 Å². The van der Waals surface area contributed by atoms with E-state index in [1.807, 2.05) is 18.2 Å². The highest BCUT2D eigenvalue weighted by Crippen LogP contribution is 2.30. The van der Waals surface area contributed by atoms with E-state index in [0.717, 1.165) is 36.3 Å². The molecule has 0 fully saturated rings. The molecule has 0 spiro atoms. The Bertz CT molecular complexity index is 1030. The van der Waals surface area contributed by atoms with Crippen LogP contribution in [0.15, 0.2) is 60.7 Å². The van der Waals surface area contributed by atoms with E-state index in [-0.39, 0.29) is 0 Å². The number of hydrogen-bond donors (Lipinski definition) is 1. The lowest BCUT2D eigenvalue weighted by Crippen LogP contribution is -2.18. The third kappa shape index (κ3) is 5.05. The molecular formula is C26H27NO4. The lowest BCUT2D eigenvalue weighted by atomic mass is 9.94. The molecule has 0 saturated carbocycles. The molecule has 0 aliphatic heterocycles. The minimum Gasteiger partial charge on any atom is -0.488 e. The SMILES string of the molecule is CCc1cc(OCc2ccc(OC(C(=O)O)c3ccccc3)cc2)c2c(n1)CCCC2. The third-order valence-electron chi connectivity index (χ3n) is 5.57. The highest BCUT2D eigenvalue weighted by Gasteiger charge is 2.21. The van der Waals surface area contributed by atoms with Crippen LogP contribution in [0.25, 0.3) is 0 Å². The molecule has 3 aromatic rings. The summed E-state index contributed by atoms with van der Waals surface area (Å²) in [4.78, 5) is 16.4. The Balaban J connectivity index is 1.44. The van der Waals surface area contributed by atoms with Crippen LogP contribution < -0.4 is 9.47 Å². The maximum absolute atomic E-state index is 11.7. The minimum absolute atomic E-state index is 0.445. The lowest BCUT2D eigenvalue weighted by molar-refractivity contribution is -0.145. The van der Waals surface area contributed by atoms with Crippen molar-refractivity contribution in [1.29, 1.82) is 0 Å². The van der Waals surface area contributed by atoms with Gasteiger partial charge in [0, 0.05) is 28.6 Å². The Morgan fingerprint density at radius 1 is 1.06 bits per heavy atom. The third-order valence-corrected chi connectivity index (χ3v) is 5.57. The van der Waals surface area contributed by atoms with Crippen LogP contribution in [0, 0.1) is 0 Å². The first-order chi connectivity index (χ1) is 15.1. The topological polar surface area (TPSA) is 68.7 Å². The Morgan fingerprint density at radius 3 is 2.52 bits per heavy atom. The number of benzene rings is 2. The van der Waals surface area contributed by atoms with Gasteiger partial charge in [-0.05, 0) is 49.8 Å². The van der Waals surface area contributed by atoms with Crippen LogP contribution in [-0.2, 0) is 30.7 Å². The van der Waals surface area contributed by atoms with Crippen LogP contribution >= 0.6 is 0 Å².